The fraction of sp³-hybridized carbons (Fsp3) is 0.350. The van der Waals surface area contributed by atoms with Crippen LogP contribution >= 0.6 is 0 Å². The van der Waals surface area contributed by atoms with Crippen LogP contribution in [-0.4, -0.2) is 13.2 Å². The van der Waals surface area contributed by atoms with Crippen molar-refractivity contribution in [2.75, 3.05) is 13.2 Å². The van der Waals surface area contributed by atoms with Gasteiger partial charge in [0.25, 0.3) is 0 Å². The zero-order valence-electron chi connectivity index (χ0n) is 14.0. The van der Waals surface area contributed by atoms with E-state index >= 15 is 0 Å². The molecule has 3 nitrogen and oxygen atoms in total. The van der Waals surface area contributed by atoms with Crippen molar-refractivity contribution in [1.29, 1.82) is 5.26 Å². The standard InChI is InChI=1S/C20H23NO2/c1-4-22-19-7-5-17(6-8-19)18(14-21)9-10-23-20-12-15(2)11-16(3)13-20/h5-8,11-13,18H,4,9-10H2,1-3H3. The van der Waals surface area contributed by atoms with Crippen LogP contribution in [0.5, 0.6) is 11.5 Å². The lowest BCUT2D eigenvalue weighted by Gasteiger charge is -2.12. The second kappa shape index (κ2) is 8.24. The number of nitriles is 1. The third-order valence-corrected chi connectivity index (χ3v) is 3.62. The van der Waals surface area contributed by atoms with E-state index in [0.717, 1.165) is 17.1 Å². The van der Waals surface area contributed by atoms with E-state index in [4.69, 9.17) is 9.47 Å². The molecule has 0 amide bonds. The maximum Gasteiger partial charge on any atom is 0.119 e. The Labute approximate surface area is 138 Å². The van der Waals surface area contributed by atoms with Gasteiger partial charge in [0.2, 0.25) is 0 Å². The first-order valence-electron chi connectivity index (χ1n) is 7.96. The first-order valence-corrected chi connectivity index (χ1v) is 7.96. The van der Waals surface area contributed by atoms with Gasteiger partial charge in [-0.15, -0.1) is 0 Å². The van der Waals surface area contributed by atoms with Gasteiger partial charge in [-0.2, -0.15) is 5.26 Å². The van der Waals surface area contributed by atoms with Gasteiger partial charge in [-0.3, -0.25) is 0 Å². The molecule has 0 aliphatic heterocycles. The van der Waals surface area contributed by atoms with Crippen molar-refractivity contribution in [3.63, 3.8) is 0 Å². The van der Waals surface area contributed by atoms with Gasteiger partial charge in [-0.05, 0) is 61.7 Å². The molecule has 0 fully saturated rings. The van der Waals surface area contributed by atoms with Gasteiger partial charge in [0.05, 0.1) is 25.2 Å². The molecular formula is C20H23NO2. The smallest absolute Gasteiger partial charge is 0.119 e. The van der Waals surface area contributed by atoms with Crippen LogP contribution in [-0.2, 0) is 0 Å². The molecule has 2 aromatic rings. The Morgan fingerprint density at radius 2 is 1.61 bits per heavy atom. The van der Waals surface area contributed by atoms with Gasteiger partial charge in [0, 0.05) is 6.42 Å². The molecule has 2 aromatic carbocycles. The highest BCUT2D eigenvalue weighted by Crippen LogP contribution is 2.23. The van der Waals surface area contributed by atoms with E-state index in [0.29, 0.717) is 19.6 Å². The highest BCUT2D eigenvalue weighted by atomic mass is 16.5. The van der Waals surface area contributed by atoms with Gasteiger partial charge in [0.15, 0.2) is 0 Å². The van der Waals surface area contributed by atoms with E-state index in [-0.39, 0.29) is 5.92 Å². The second-order valence-corrected chi connectivity index (χ2v) is 5.64. The van der Waals surface area contributed by atoms with Crippen LogP contribution in [0.15, 0.2) is 42.5 Å². The summed E-state index contributed by atoms with van der Waals surface area (Å²) < 4.78 is 11.2. The highest BCUT2D eigenvalue weighted by Gasteiger charge is 2.11. The number of nitrogens with zero attached hydrogens (tertiary/aromatic N) is 1. The van der Waals surface area contributed by atoms with Crippen molar-refractivity contribution in [1.82, 2.24) is 0 Å². The first kappa shape index (κ1) is 16.9. The maximum atomic E-state index is 9.40. The normalized spacial score (nSPS) is 11.6. The minimum atomic E-state index is -0.170. The van der Waals surface area contributed by atoms with Gasteiger partial charge in [0.1, 0.15) is 11.5 Å². The third kappa shape index (κ3) is 5.03. The maximum absolute atomic E-state index is 9.40. The first-order chi connectivity index (χ1) is 11.1. The Kier molecular flexibility index (Phi) is 6.05. The lowest BCUT2D eigenvalue weighted by molar-refractivity contribution is 0.305. The monoisotopic (exact) mass is 309 g/mol. The third-order valence-electron chi connectivity index (χ3n) is 3.62. The van der Waals surface area contributed by atoms with E-state index < -0.39 is 0 Å². The van der Waals surface area contributed by atoms with E-state index in [1.54, 1.807) is 0 Å². The molecule has 0 aromatic heterocycles. The average Bonchev–Trinajstić information content (AvgIpc) is 2.52. The topological polar surface area (TPSA) is 42.2 Å². The molecule has 1 unspecified atom stereocenters. The molecule has 3 heteroatoms. The fourth-order valence-electron chi connectivity index (χ4n) is 2.58. The summed E-state index contributed by atoms with van der Waals surface area (Å²) in [6, 6.07) is 16.2. The van der Waals surface area contributed by atoms with Gasteiger partial charge in [-0.25, -0.2) is 0 Å². The number of rotatable bonds is 7. The van der Waals surface area contributed by atoms with Crippen molar-refractivity contribution in [2.24, 2.45) is 0 Å². The Hall–Kier alpha value is -2.47. The summed E-state index contributed by atoms with van der Waals surface area (Å²) in [7, 11) is 0. The predicted molar refractivity (Wildman–Crippen MR) is 92.0 cm³/mol. The minimum Gasteiger partial charge on any atom is -0.494 e. The zero-order chi connectivity index (χ0) is 16.7. The van der Waals surface area contributed by atoms with Crippen molar-refractivity contribution in [2.45, 2.75) is 33.1 Å². The molecule has 0 spiro atoms. The SMILES string of the molecule is CCOc1ccc(C(C#N)CCOc2cc(C)cc(C)c2)cc1. The summed E-state index contributed by atoms with van der Waals surface area (Å²) in [6.07, 6.45) is 0.664. The van der Waals surface area contributed by atoms with Gasteiger partial charge in [-0.1, -0.05) is 18.2 Å². The van der Waals surface area contributed by atoms with Crippen LogP contribution < -0.4 is 9.47 Å². The molecule has 0 N–H and O–H groups in total. The van der Waals surface area contributed by atoms with Gasteiger partial charge >= 0.3 is 0 Å². The number of hydrogen-bond donors (Lipinski definition) is 0. The molecule has 0 bridgehead atoms. The highest BCUT2D eigenvalue weighted by molar-refractivity contribution is 5.34. The Morgan fingerprint density at radius 1 is 0.957 bits per heavy atom. The Balaban J connectivity index is 1.93. The summed E-state index contributed by atoms with van der Waals surface area (Å²) in [5.41, 5.74) is 3.37. The summed E-state index contributed by atoms with van der Waals surface area (Å²) in [6.45, 7) is 7.23. The van der Waals surface area contributed by atoms with Crippen molar-refractivity contribution in [3.8, 4) is 17.6 Å². The second-order valence-electron chi connectivity index (χ2n) is 5.64. The fourth-order valence-corrected chi connectivity index (χ4v) is 2.58. The number of aryl methyl sites for hydroxylation is 2. The number of benzene rings is 2. The Morgan fingerprint density at radius 3 is 2.17 bits per heavy atom. The molecule has 1 atom stereocenters. The molecule has 0 saturated heterocycles. The molecule has 0 aliphatic rings. The van der Waals surface area contributed by atoms with Crippen molar-refractivity contribution < 1.29 is 9.47 Å². The summed E-state index contributed by atoms with van der Waals surface area (Å²) in [4.78, 5) is 0. The van der Waals surface area contributed by atoms with E-state index in [1.807, 2.05) is 43.3 Å². The number of hydrogen-bond acceptors (Lipinski definition) is 3. The lowest BCUT2D eigenvalue weighted by atomic mass is 9.97. The molecule has 0 saturated carbocycles. The molecule has 0 heterocycles. The van der Waals surface area contributed by atoms with E-state index in [1.165, 1.54) is 11.1 Å². The predicted octanol–water partition coefficient (Wildman–Crippen LogP) is 4.78. The van der Waals surface area contributed by atoms with E-state index in [2.05, 4.69) is 26.0 Å². The molecule has 120 valence electrons. The molecular weight excluding hydrogens is 286 g/mol. The van der Waals surface area contributed by atoms with Crippen LogP contribution in [0.2, 0.25) is 0 Å². The van der Waals surface area contributed by atoms with E-state index in [9.17, 15) is 5.26 Å². The molecule has 2 rings (SSSR count). The van der Waals surface area contributed by atoms with Crippen LogP contribution in [0.3, 0.4) is 0 Å². The molecule has 0 radical (unpaired) electrons. The summed E-state index contributed by atoms with van der Waals surface area (Å²) in [5.74, 6) is 1.53. The van der Waals surface area contributed by atoms with Crippen LogP contribution in [0.25, 0.3) is 0 Å². The Bertz CT molecular complexity index is 651. The summed E-state index contributed by atoms with van der Waals surface area (Å²) >= 11 is 0. The lowest BCUT2D eigenvalue weighted by Crippen LogP contribution is -2.05. The number of ether oxygens (including phenoxy) is 2. The zero-order valence-corrected chi connectivity index (χ0v) is 14.0. The van der Waals surface area contributed by atoms with Crippen LogP contribution in [0.1, 0.15) is 36.0 Å². The van der Waals surface area contributed by atoms with Crippen LogP contribution in [0, 0.1) is 25.2 Å². The van der Waals surface area contributed by atoms with Crippen LogP contribution in [0.4, 0.5) is 0 Å². The minimum absolute atomic E-state index is 0.170. The van der Waals surface area contributed by atoms with Crippen molar-refractivity contribution >= 4 is 0 Å². The van der Waals surface area contributed by atoms with Crippen molar-refractivity contribution in [3.05, 3.63) is 59.2 Å². The van der Waals surface area contributed by atoms with Gasteiger partial charge < -0.3 is 9.47 Å². The quantitative estimate of drug-likeness (QED) is 0.739. The summed E-state index contributed by atoms with van der Waals surface area (Å²) in [5, 5.41) is 9.40. The molecule has 0 aliphatic carbocycles. The average molecular weight is 309 g/mol. The molecule has 23 heavy (non-hydrogen) atoms. The largest absolute Gasteiger partial charge is 0.494 e.